The summed E-state index contributed by atoms with van der Waals surface area (Å²) in [5.41, 5.74) is 2.14. The highest BCUT2D eigenvalue weighted by atomic mass is 32.2. The number of aryl methyl sites for hydroxylation is 1. The Labute approximate surface area is 116 Å². The van der Waals surface area contributed by atoms with Crippen LogP contribution in [0.5, 0.6) is 0 Å². The third-order valence-electron chi connectivity index (χ3n) is 3.43. The van der Waals surface area contributed by atoms with Gasteiger partial charge in [-0.05, 0) is 30.7 Å². The van der Waals surface area contributed by atoms with Crippen molar-refractivity contribution in [3.05, 3.63) is 35.0 Å². The minimum Gasteiger partial charge on any atom is -0.272 e. The maximum Gasteiger partial charge on any atom is 0.250 e. The van der Waals surface area contributed by atoms with Crippen molar-refractivity contribution < 1.29 is 8.42 Å². The molecule has 0 saturated carbocycles. The molecular formula is C12H15N3O2S2. The largest absolute Gasteiger partial charge is 0.272 e. The molecule has 0 bridgehead atoms. The summed E-state index contributed by atoms with van der Waals surface area (Å²) >= 11 is 1.23. The normalized spacial score (nSPS) is 19.3. The third-order valence-corrected chi connectivity index (χ3v) is 6.30. The van der Waals surface area contributed by atoms with Crippen LogP contribution in [0.3, 0.4) is 0 Å². The molecule has 7 heteroatoms. The van der Waals surface area contributed by atoms with E-state index in [4.69, 9.17) is 0 Å². The minimum absolute atomic E-state index is 0.162. The monoisotopic (exact) mass is 297 g/mol. The number of nitrogens with zero attached hydrogens (tertiary/aromatic N) is 2. The first-order chi connectivity index (χ1) is 9.08. The zero-order valence-electron chi connectivity index (χ0n) is 10.5. The summed E-state index contributed by atoms with van der Waals surface area (Å²) in [6.45, 7) is 0. The number of hydrogen-bond acceptors (Lipinski definition) is 4. The summed E-state index contributed by atoms with van der Waals surface area (Å²) in [6.07, 6.45) is 4.53. The molecule has 19 heavy (non-hydrogen) atoms. The van der Waals surface area contributed by atoms with Crippen molar-refractivity contribution in [2.24, 2.45) is 7.05 Å². The lowest BCUT2D eigenvalue weighted by Gasteiger charge is -2.23. The molecule has 0 saturated heterocycles. The molecule has 102 valence electrons. The van der Waals surface area contributed by atoms with Crippen molar-refractivity contribution in [3.63, 3.8) is 0 Å². The predicted molar refractivity (Wildman–Crippen MR) is 73.5 cm³/mol. The molecule has 1 N–H and O–H groups in total. The van der Waals surface area contributed by atoms with Gasteiger partial charge in [0.05, 0.1) is 12.2 Å². The van der Waals surface area contributed by atoms with Gasteiger partial charge in [-0.2, -0.15) is 5.10 Å². The molecule has 0 amide bonds. The molecule has 2 aromatic heterocycles. The van der Waals surface area contributed by atoms with Gasteiger partial charge < -0.3 is 0 Å². The van der Waals surface area contributed by atoms with E-state index in [1.54, 1.807) is 23.7 Å². The first-order valence-corrected chi connectivity index (χ1v) is 8.51. The Morgan fingerprint density at radius 2 is 2.37 bits per heavy atom. The van der Waals surface area contributed by atoms with Crippen LogP contribution in [0.2, 0.25) is 0 Å². The second kappa shape index (κ2) is 4.73. The quantitative estimate of drug-likeness (QED) is 0.940. The fourth-order valence-electron chi connectivity index (χ4n) is 2.49. The zero-order chi connectivity index (χ0) is 13.5. The van der Waals surface area contributed by atoms with Crippen LogP contribution >= 0.6 is 11.3 Å². The summed E-state index contributed by atoms with van der Waals surface area (Å²) in [4.78, 5) is 0. The molecule has 5 nitrogen and oxygen atoms in total. The zero-order valence-corrected chi connectivity index (χ0v) is 12.2. The number of fused-ring (bicyclic) bond motifs is 1. The van der Waals surface area contributed by atoms with Crippen LogP contribution in [-0.4, -0.2) is 18.2 Å². The second-order valence-corrected chi connectivity index (χ2v) is 7.56. The molecule has 0 aromatic carbocycles. The molecule has 2 aromatic rings. The van der Waals surface area contributed by atoms with E-state index < -0.39 is 10.0 Å². The van der Waals surface area contributed by atoms with E-state index in [0.29, 0.717) is 4.21 Å². The highest BCUT2D eigenvalue weighted by Gasteiger charge is 2.28. The summed E-state index contributed by atoms with van der Waals surface area (Å²) in [5, 5.41) is 5.99. The number of hydrogen-bond donors (Lipinski definition) is 1. The van der Waals surface area contributed by atoms with E-state index in [0.717, 1.165) is 30.5 Å². The Kier molecular flexibility index (Phi) is 3.20. The van der Waals surface area contributed by atoms with E-state index in [9.17, 15) is 8.42 Å². The van der Waals surface area contributed by atoms with Gasteiger partial charge in [0.2, 0.25) is 0 Å². The van der Waals surface area contributed by atoms with Gasteiger partial charge in [0.25, 0.3) is 10.0 Å². The number of nitrogens with one attached hydrogen (secondary N) is 1. The number of rotatable bonds is 3. The highest BCUT2D eigenvalue weighted by molar-refractivity contribution is 7.91. The maximum atomic E-state index is 12.3. The van der Waals surface area contributed by atoms with Gasteiger partial charge in [-0.1, -0.05) is 6.07 Å². The number of thiophene rings is 1. The summed E-state index contributed by atoms with van der Waals surface area (Å²) in [6, 6.07) is 3.21. The van der Waals surface area contributed by atoms with Gasteiger partial charge in [-0.3, -0.25) is 4.68 Å². The first-order valence-electron chi connectivity index (χ1n) is 6.14. The molecule has 0 fully saturated rings. The van der Waals surface area contributed by atoms with Crippen LogP contribution in [-0.2, 0) is 23.5 Å². The Balaban J connectivity index is 1.89. The van der Waals surface area contributed by atoms with Crippen LogP contribution in [0, 0.1) is 0 Å². The molecule has 2 heterocycles. The van der Waals surface area contributed by atoms with Crippen LogP contribution in [0.25, 0.3) is 0 Å². The van der Waals surface area contributed by atoms with E-state index in [2.05, 4.69) is 9.82 Å². The topological polar surface area (TPSA) is 64.0 Å². The van der Waals surface area contributed by atoms with Gasteiger partial charge in [0.1, 0.15) is 4.21 Å². The van der Waals surface area contributed by atoms with Gasteiger partial charge in [0, 0.05) is 18.3 Å². The van der Waals surface area contributed by atoms with Gasteiger partial charge in [-0.25, -0.2) is 13.1 Å². The van der Waals surface area contributed by atoms with Gasteiger partial charge in [-0.15, -0.1) is 11.3 Å². The smallest absolute Gasteiger partial charge is 0.250 e. The van der Waals surface area contributed by atoms with E-state index in [1.807, 2.05) is 11.7 Å². The van der Waals surface area contributed by atoms with Crippen molar-refractivity contribution >= 4 is 21.4 Å². The lowest BCUT2D eigenvalue weighted by atomic mass is 9.94. The van der Waals surface area contributed by atoms with Crippen molar-refractivity contribution in [2.45, 2.75) is 29.5 Å². The average Bonchev–Trinajstić information content (AvgIpc) is 3.00. The first kappa shape index (κ1) is 12.8. The summed E-state index contributed by atoms with van der Waals surface area (Å²) in [7, 11) is -1.52. The lowest BCUT2D eigenvalue weighted by molar-refractivity contribution is 0.499. The molecule has 1 aliphatic carbocycles. The summed E-state index contributed by atoms with van der Waals surface area (Å²) < 4.78 is 29.5. The molecule has 1 unspecified atom stereocenters. The van der Waals surface area contributed by atoms with Crippen LogP contribution in [0.1, 0.15) is 30.1 Å². The molecule has 0 spiro atoms. The maximum absolute atomic E-state index is 12.3. The van der Waals surface area contributed by atoms with Crippen LogP contribution < -0.4 is 4.72 Å². The van der Waals surface area contributed by atoms with Gasteiger partial charge >= 0.3 is 0 Å². The predicted octanol–water partition coefficient (Wildman–Crippen LogP) is 1.84. The van der Waals surface area contributed by atoms with E-state index >= 15 is 0 Å². The lowest BCUT2D eigenvalue weighted by Crippen LogP contribution is -2.30. The second-order valence-electron chi connectivity index (χ2n) is 4.67. The molecule has 1 atom stereocenters. The minimum atomic E-state index is -3.42. The standard InChI is InChI=1S/C12H15N3O2S2/c1-15-11-5-2-4-10(9(11)8-13-15)14-19(16,17)12-6-3-7-18-12/h3,6-8,10,14H,2,4-5H2,1H3. The molecule has 0 aliphatic heterocycles. The molecule has 3 rings (SSSR count). The average molecular weight is 297 g/mol. The fraction of sp³-hybridized carbons (Fsp3) is 0.417. The Bertz CT molecular complexity index is 674. The molecule has 1 aliphatic rings. The Morgan fingerprint density at radius 1 is 1.53 bits per heavy atom. The van der Waals surface area contributed by atoms with Crippen LogP contribution in [0.15, 0.2) is 27.9 Å². The fourth-order valence-corrected chi connectivity index (χ4v) is 4.75. The third kappa shape index (κ3) is 2.33. The van der Waals surface area contributed by atoms with Crippen molar-refractivity contribution in [2.75, 3.05) is 0 Å². The SMILES string of the molecule is Cn1ncc2c1CCCC2NS(=O)(=O)c1cccs1. The van der Waals surface area contributed by atoms with Crippen molar-refractivity contribution in [3.8, 4) is 0 Å². The Hall–Kier alpha value is -1.18. The van der Waals surface area contributed by atoms with Crippen LogP contribution in [0.4, 0.5) is 0 Å². The van der Waals surface area contributed by atoms with Crippen molar-refractivity contribution in [1.82, 2.24) is 14.5 Å². The van der Waals surface area contributed by atoms with E-state index in [-0.39, 0.29) is 6.04 Å². The molecular weight excluding hydrogens is 282 g/mol. The van der Waals surface area contributed by atoms with E-state index in [1.165, 1.54) is 11.3 Å². The summed E-state index contributed by atoms with van der Waals surface area (Å²) in [5.74, 6) is 0. The molecule has 0 radical (unpaired) electrons. The van der Waals surface area contributed by atoms with Crippen molar-refractivity contribution in [1.29, 1.82) is 0 Å². The van der Waals surface area contributed by atoms with Gasteiger partial charge in [0.15, 0.2) is 0 Å². The number of sulfonamides is 1. The number of aromatic nitrogens is 2. The highest BCUT2D eigenvalue weighted by Crippen LogP contribution is 2.31. The Morgan fingerprint density at radius 3 is 3.11 bits per heavy atom.